The molecule has 0 radical (unpaired) electrons. The molecule has 2 heterocycles. The molecular weight excluding hydrogens is 279 g/mol. The molecule has 0 atom stereocenters. The van der Waals surface area contributed by atoms with Crippen LogP contribution in [-0.2, 0) is 4.74 Å². The molecule has 0 spiro atoms. The summed E-state index contributed by atoms with van der Waals surface area (Å²) in [5, 5.41) is 12.2. The number of hydrogen-bond acceptors (Lipinski definition) is 5. The minimum atomic E-state index is -1.18. The van der Waals surface area contributed by atoms with Crippen LogP contribution in [0.1, 0.15) is 10.5 Å². The average molecular weight is 292 g/mol. The molecular formula is C14H13FN2O4. The average Bonchev–Trinajstić information content (AvgIpc) is 2.98. The first-order valence-corrected chi connectivity index (χ1v) is 6.48. The van der Waals surface area contributed by atoms with E-state index in [0.717, 1.165) is 0 Å². The summed E-state index contributed by atoms with van der Waals surface area (Å²) in [6.45, 7) is 2.43. The summed E-state index contributed by atoms with van der Waals surface area (Å²) >= 11 is 0. The van der Waals surface area contributed by atoms with Crippen molar-refractivity contribution in [3.8, 4) is 11.3 Å². The zero-order valence-corrected chi connectivity index (χ0v) is 11.1. The van der Waals surface area contributed by atoms with Crippen molar-refractivity contribution in [2.24, 2.45) is 0 Å². The second kappa shape index (κ2) is 5.53. The normalized spacial score (nSPS) is 15.2. The number of rotatable bonds is 3. The maximum atomic E-state index is 14.2. The number of morpholine rings is 1. The van der Waals surface area contributed by atoms with Crippen molar-refractivity contribution in [2.75, 3.05) is 31.2 Å². The molecule has 0 saturated carbocycles. The summed E-state index contributed by atoms with van der Waals surface area (Å²) in [4.78, 5) is 12.7. The fourth-order valence-electron chi connectivity index (χ4n) is 2.23. The van der Waals surface area contributed by atoms with Crippen LogP contribution in [0.5, 0.6) is 0 Å². The highest BCUT2D eigenvalue weighted by Gasteiger charge is 2.17. The number of carbonyl (C=O) groups is 1. The molecule has 0 unspecified atom stereocenters. The molecule has 1 saturated heterocycles. The van der Waals surface area contributed by atoms with Crippen LogP contribution in [0.25, 0.3) is 11.3 Å². The lowest BCUT2D eigenvalue weighted by atomic mass is 10.1. The van der Waals surface area contributed by atoms with Gasteiger partial charge in [0, 0.05) is 24.7 Å². The van der Waals surface area contributed by atoms with Gasteiger partial charge in [-0.2, -0.15) is 0 Å². The summed E-state index contributed by atoms with van der Waals surface area (Å²) in [5.41, 5.74) is 0.743. The fraction of sp³-hybridized carbons (Fsp3) is 0.286. The number of carboxylic acids is 1. The number of anilines is 1. The fourth-order valence-corrected chi connectivity index (χ4v) is 2.23. The maximum Gasteiger partial charge on any atom is 0.358 e. The lowest BCUT2D eigenvalue weighted by molar-refractivity contribution is 0.0686. The van der Waals surface area contributed by atoms with E-state index in [1.54, 1.807) is 12.1 Å². The molecule has 0 amide bonds. The van der Waals surface area contributed by atoms with E-state index in [2.05, 4.69) is 5.16 Å². The van der Waals surface area contributed by atoms with Gasteiger partial charge in [0.25, 0.3) is 0 Å². The van der Waals surface area contributed by atoms with Crippen LogP contribution in [0.15, 0.2) is 28.8 Å². The maximum absolute atomic E-state index is 14.2. The van der Waals surface area contributed by atoms with Gasteiger partial charge >= 0.3 is 5.97 Å². The Balaban J connectivity index is 1.87. The molecule has 21 heavy (non-hydrogen) atoms. The highest BCUT2D eigenvalue weighted by molar-refractivity contribution is 5.86. The second-order valence-electron chi connectivity index (χ2n) is 4.65. The van der Waals surface area contributed by atoms with Gasteiger partial charge in [0.05, 0.1) is 18.9 Å². The molecule has 7 heteroatoms. The quantitative estimate of drug-likeness (QED) is 0.932. The van der Waals surface area contributed by atoms with Crippen molar-refractivity contribution in [1.82, 2.24) is 5.16 Å². The minimum Gasteiger partial charge on any atom is -0.476 e. The first-order valence-electron chi connectivity index (χ1n) is 6.48. The first kappa shape index (κ1) is 13.6. The molecule has 1 aliphatic heterocycles. The third-order valence-corrected chi connectivity index (χ3v) is 3.31. The number of benzene rings is 1. The van der Waals surface area contributed by atoms with E-state index < -0.39 is 5.97 Å². The number of carboxylic acid groups (broad SMARTS) is 1. The third kappa shape index (κ3) is 2.73. The zero-order chi connectivity index (χ0) is 14.8. The SMILES string of the molecule is O=C(O)c1cc(-c2ccc(N3CCOCC3)c(F)c2)on1. The summed E-state index contributed by atoms with van der Waals surface area (Å²) in [6.07, 6.45) is 0. The number of halogens is 1. The monoisotopic (exact) mass is 292 g/mol. The van der Waals surface area contributed by atoms with Crippen molar-refractivity contribution in [2.45, 2.75) is 0 Å². The van der Waals surface area contributed by atoms with Crippen LogP contribution in [0, 0.1) is 5.82 Å². The lowest BCUT2D eigenvalue weighted by Crippen LogP contribution is -2.36. The number of aromatic carboxylic acids is 1. The number of hydrogen-bond donors (Lipinski definition) is 1. The molecule has 6 nitrogen and oxygen atoms in total. The van der Waals surface area contributed by atoms with Crippen molar-refractivity contribution in [1.29, 1.82) is 0 Å². The Morgan fingerprint density at radius 2 is 2.05 bits per heavy atom. The molecule has 1 aromatic carbocycles. The van der Waals surface area contributed by atoms with E-state index in [1.165, 1.54) is 12.1 Å². The summed E-state index contributed by atoms with van der Waals surface area (Å²) in [5.74, 6) is -1.35. The molecule has 3 rings (SSSR count). The molecule has 1 fully saturated rings. The van der Waals surface area contributed by atoms with Gasteiger partial charge in [-0.05, 0) is 18.2 Å². The smallest absolute Gasteiger partial charge is 0.358 e. The highest BCUT2D eigenvalue weighted by atomic mass is 19.1. The molecule has 2 aromatic rings. The van der Waals surface area contributed by atoms with Crippen molar-refractivity contribution >= 4 is 11.7 Å². The van der Waals surface area contributed by atoms with E-state index in [0.29, 0.717) is 37.6 Å². The van der Waals surface area contributed by atoms with Gasteiger partial charge in [-0.3, -0.25) is 0 Å². The standard InChI is InChI=1S/C14H13FN2O4/c15-10-7-9(13-8-11(14(18)19)16-21-13)1-2-12(10)17-3-5-20-6-4-17/h1-2,7-8H,3-6H2,(H,18,19). The zero-order valence-electron chi connectivity index (χ0n) is 11.1. The summed E-state index contributed by atoms with van der Waals surface area (Å²) < 4.78 is 24.4. The van der Waals surface area contributed by atoms with Gasteiger partial charge in [-0.15, -0.1) is 0 Å². The van der Waals surface area contributed by atoms with Gasteiger partial charge < -0.3 is 19.3 Å². The van der Waals surface area contributed by atoms with E-state index in [9.17, 15) is 9.18 Å². The molecule has 0 aliphatic carbocycles. The molecule has 1 N–H and O–H groups in total. The van der Waals surface area contributed by atoms with Gasteiger partial charge in [0.15, 0.2) is 11.5 Å². The Morgan fingerprint density at radius 1 is 1.29 bits per heavy atom. The topological polar surface area (TPSA) is 75.8 Å². The summed E-state index contributed by atoms with van der Waals surface area (Å²) in [7, 11) is 0. The van der Waals surface area contributed by atoms with E-state index >= 15 is 0 Å². The molecule has 110 valence electrons. The van der Waals surface area contributed by atoms with E-state index in [4.69, 9.17) is 14.4 Å². The van der Waals surface area contributed by atoms with Crippen molar-refractivity contribution in [3.63, 3.8) is 0 Å². The van der Waals surface area contributed by atoms with Crippen LogP contribution in [-0.4, -0.2) is 42.5 Å². The Hall–Kier alpha value is -2.41. The van der Waals surface area contributed by atoms with Gasteiger partial charge in [0.1, 0.15) is 5.82 Å². The van der Waals surface area contributed by atoms with E-state index in [-0.39, 0.29) is 17.3 Å². The van der Waals surface area contributed by atoms with Gasteiger partial charge in [-0.1, -0.05) is 5.16 Å². The number of nitrogens with zero attached hydrogens (tertiary/aromatic N) is 2. The van der Waals surface area contributed by atoms with Gasteiger partial charge in [-0.25, -0.2) is 9.18 Å². The van der Waals surface area contributed by atoms with Gasteiger partial charge in [0.2, 0.25) is 0 Å². The Bertz CT molecular complexity index is 665. The Kier molecular flexibility index (Phi) is 3.57. The predicted octanol–water partition coefficient (Wildman–Crippen LogP) is 2.02. The first-order chi connectivity index (χ1) is 10.1. The van der Waals surface area contributed by atoms with Crippen LogP contribution < -0.4 is 4.90 Å². The van der Waals surface area contributed by atoms with Crippen LogP contribution in [0.4, 0.5) is 10.1 Å². The predicted molar refractivity (Wildman–Crippen MR) is 71.9 cm³/mol. The Morgan fingerprint density at radius 3 is 2.67 bits per heavy atom. The van der Waals surface area contributed by atoms with Crippen molar-refractivity contribution < 1.29 is 23.6 Å². The second-order valence-corrected chi connectivity index (χ2v) is 4.65. The van der Waals surface area contributed by atoms with E-state index in [1.807, 2.05) is 4.90 Å². The van der Waals surface area contributed by atoms with Crippen LogP contribution in [0.3, 0.4) is 0 Å². The highest BCUT2D eigenvalue weighted by Crippen LogP contribution is 2.27. The largest absolute Gasteiger partial charge is 0.476 e. The lowest BCUT2D eigenvalue weighted by Gasteiger charge is -2.29. The minimum absolute atomic E-state index is 0.206. The molecule has 1 aromatic heterocycles. The summed E-state index contributed by atoms with van der Waals surface area (Å²) in [6, 6.07) is 5.92. The molecule has 0 bridgehead atoms. The molecule has 1 aliphatic rings. The van der Waals surface area contributed by atoms with Crippen LogP contribution in [0.2, 0.25) is 0 Å². The third-order valence-electron chi connectivity index (χ3n) is 3.31. The number of aromatic nitrogens is 1. The number of ether oxygens (including phenoxy) is 1. The Labute approximate surface area is 119 Å². The van der Waals surface area contributed by atoms with Crippen molar-refractivity contribution in [3.05, 3.63) is 35.8 Å². The van der Waals surface area contributed by atoms with Crippen LogP contribution >= 0.6 is 0 Å².